The minimum Gasteiger partial charge on any atom is -0.380 e. The van der Waals surface area contributed by atoms with Crippen LogP contribution in [-0.2, 0) is 11.3 Å². The van der Waals surface area contributed by atoms with E-state index < -0.39 is 0 Å². The highest BCUT2D eigenvalue weighted by atomic mass is 19.1. The van der Waals surface area contributed by atoms with Crippen molar-refractivity contribution in [3.05, 3.63) is 35.6 Å². The quantitative estimate of drug-likeness (QED) is 0.882. The fourth-order valence-electron chi connectivity index (χ4n) is 2.67. The molecule has 1 N–H and O–H groups in total. The van der Waals surface area contributed by atoms with Crippen molar-refractivity contribution in [2.24, 2.45) is 0 Å². The number of halogens is 1. The highest BCUT2D eigenvalue weighted by Gasteiger charge is 2.28. The fourth-order valence-corrected chi connectivity index (χ4v) is 2.67. The lowest BCUT2D eigenvalue weighted by atomic mass is 10.0. The summed E-state index contributed by atoms with van der Waals surface area (Å²) in [5, 5.41) is 3.50. The van der Waals surface area contributed by atoms with E-state index in [0.717, 1.165) is 25.1 Å². The zero-order valence-corrected chi connectivity index (χ0v) is 11.7. The van der Waals surface area contributed by atoms with Gasteiger partial charge in [0.1, 0.15) is 5.82 Å². The van der Waals surface area contributed by atoms with Crippen LogP contribution in [0.3, 0.4) is 0 Å². The molecule has 0 aliphatic carbocycles. The summed E-state index contributed by atoms with van der Waals surface area (Å²) in [5.74, 6) is -0.133. The Kier molecular flexibility index (Phi) is 5.31. The van der Waals surface area contributed by atoms with E-state index >= 15 is 0 Å². The van der Waals surface area contributed by atoms with Crippen LogP contribution in [0, 0.1) is 5.82 Å². The number of hydrogen-bond acceptors (Lipinski definition) is 3. The van der Waals surface area contributed by atoms with Crippen LogP contribution in [0.4, 0.5) is 4.39 Å². The van der Waals surface area contributed by atoms with Gasteiger partial charge in [-0.2, -0.15) is 0 Å². The molecule has 1 fully saturated rings. The van der Waals surface area contributed by atoms with E-state index in [9.17, 15) is 4.39 Å². The number of benzene rings is 1. The minimum atomic E-state index is -0.133. The van der Waals surface area contributed by atoms with Gasteiger partial charge in [0.15, 0.2) is 0 Å². The molecule has 4 heteroatoms. The Balaban J connectivity index is 2.01. The molecule has 0 spiro atoms. The first-order chi connectivity index (χ1) is 9.22. The summed E-state index contributed by atoms with van der Waals surface area (Å²) in [6.07, 6.45) is 1.01. The van der Waals surface area contributed by atoms with Gasteiger partial charge in [0.2, 0.25) is 0 Å². The maximum Gasteiger partial charge on any atom is 0.127 e. The highest BCUT2D eigenvalue weighted by molar-refractivity contribution is 5.17. The smallest absolute Gasteiger partial charge is 0.127 e. The van der Waals surface area contributed by atoms with Crippen LogP contribution < -0.4 is 5.32 Å². The molecule has 1 heterocycles. The van der Waals surface area contributed by atoms with Crippen LogP contribution in [0.15, 0.2) is 24.3 Å². The molecule has 3 nitrogen and oxygen atoms in total. The van der Waals surface area contributed by atoms with Crippen LogP contribution in [0.2, 0.25) is 0 Å². The van der Waals surface area contributed by atoms with E-state index in [1.165, 1.54) is 6.07 Å². The third-order valence-electron chi connectivity index (χ3n) is 3.74. The molecule has 1 saturated heterocycles. The second-order valence-corrected chi connectivity index (χ2v) is 5.10. The molecular weight excluding hydrogens is 243 g/mol. The Morgan fingerprint density at radius 2 is 2.21 bits per heavy atom. The van der Waals surface area contributed by atoms with Crippen LogP contribution in [0.5, 0.6) is 0 Å². The number of rotatable bonds is 5. The summed E-state index contributed by atoms with van der Waals surface area (Å²) < 4.78 is 19.3. The molecule has 1 aliphatic heterocycles. The third kappa shape index (κ3) is 3.75. The van der Waals surface area contributed by atoms with Crippen LogP contribution in [0.1, 0.15) is 18.9 Å². The van der Waals surface area contributed by atoms with Crippen LogP contribution >= 0.6 is 0 Å². The normalized spacial score (nSPS) is 23.8. The molecule has 2 rings (SSSR count). The largest absolute Gasteiger partial charge is 0.380 e. The molecule has 106 valence electrons. The summed E-state index contributed by atoms with van der Waals surface area (Å²) >= 11 is 0. The van der Waals surface area contributed by atoms with Crippen LogP contribution in [0.25, 0.3) is 0 Å². The van der Waals surface area contributed by atoms with Crippen LogP contribution in [-0.4, -0.2) is 43.8 Å². The van der Waals surface area contributed by atoms with Gasteiger partial charge in [-0.05, 0) is 26.1 Å². The molecule has 19 heavy (non-hydrogen) atoms. The molecule has 0 bridgehead atoms. The van der Waals surface area contributed by atoms with Gasteiger partial charge in [-0.3, -0.25) is 4.90 Å². The lowest BCUT2D eigenvalue weighted by Gasteiger charge is -2.38. The predicted octanol–water partition coefficient (Wildman–Crippen LogP) is 2.02. The summed E-state index contributed by atoms with van der Waals surface area (Å²) in [5.41, 5.74) is 0.742. The summed E-state index contributed by atoms with van der Waals surface area (Å²) in [4.78, 5) is 2.19. The zero-order chi connectivity index (χ0) is 13.7. The van der Waals surface area contributed by atoms with Crippen molar-refractivity contribution in [3.8, 4) is 0 Å². The van der Waals surface area contributed by atoms with E-state index in [0.29, 0.717) is 25.2 Å². The van der Waals surface area contributed by atoms with Gasteiger partial charge < -0.3 is 10.1 Å². The van der Waals surface area contributed by atoms with E-state index in [2.05, 4.69) is 17.1 Å². The average Bonchev–Trinajstić information content (AvgIpc) is 2.42. The molecule has 0 saturated carbocycles. The summed E-state index contributed by atoms with van der Waals surface area (Å²) in [7, 11) is 2.04. The van der Waals surface area contributed by atoms with Gasteiger partial charge >= 0.3 is 0 Å². The van der Waals surface area contributed by atoms with Crippen molar-refractivity contribution in [2.75, 3.05) is 26.8 Å². The van der Waals surface area contributed by atoms with Gasteiger partial charge in [0.05, 0.1) is 6.61 Å². The van der Waals surface area contributed by atoms with Gasteiger partial charge in [-0.15, -0.1) is 0 Å². The van der Waals surface area contributed by atoms with E-state index in [1.807, 2.05) is 19.2 Å². The molecular formula is C15H23FN2O. The molecule has 1 aromatic carbocycles. The third-order valence-corrected chi connectivity index (χ3v) is 3.74. The van der Waals surface area contributed by atoms with Gasteiger partial charge in [0, 0.05) is 30.8 Å². The average molecular weight is 266 g/mol. The maximum atomic E-state index is 13.7. The molecule has 0 radical (unpaired) electrons. The number of nitrogens with zero attached hydrogens (tertiary/aromatic N) is 1. The predicted molar refractivity (Wildman–Crippen MR) is 74.6 cm³/mol. The molecule has 0 amide bonds. The SMILES string of the molecule is CCNC1CCOCC1N(C)Cc1ccccc1F. The second-order valence-electron chi connectivity index (χ2n) is 5.10. The number of nitrogens with one attached hydrogen (secondary N) is 1. The van der Waals surface area contributed by atoms with Gasteiger partial charge in [0.25, 0.3) is 0 Å². The molecule has 2 unspecified atom stereocenters. The Hall–Kier alpha value is -0.970. The monoisotopic (exact) mass is 266 g/mol. The minimum absolute atomic E-state index is 0.133. The molecule has 1 aliphatic rings. The van der Waals surface area contributed by atoms with Crippen molar-refractivity contribution >= 4 is 0 Å². The lowest BCUT2D eigenvalue weighted by molar-refractivity contribution is 0.00355. The van der Waals surface area contributed by atoms with Crippen molar-refractivity contribution < 1.29 is 9.13 Å². The number of likely N-dealkylation sites (N-methyl/N-ethyl adjacent to an activating group) is 2. The van der Waals surface area contributed by atoms with E-state index in [-0.39, 0.29) is 5.82 Å². The standard InChI is InChI=1S/C15H23FN2O/c1-3-17-14-8-9-19-11-15(14)18(2)10-12-6-4-5-7-13(12)16/h4-7,14-15,17H,3,8-11H2,1-2H3. The topological polar surface area (TPSA) is 24.5 Å². The Bertz CT molecular complexity index is 397. The van der Waals surface area contributed by atoms with E-state index in [4.69, 9.17) is 4.74 Å². The summed E-state index contributed by atoms with van der Waals surface area (Å²) in [6.45, 7) is 5.20. The lowest BCUT2D eigenvalue weighted by Crippen LogP contribution is -2.53. The Morgan fingerprint density at radius 3 is 2.95 bits per heavy atom. The summed E-state index contributed by atoms with van der Waals surface area (Å²) in [6, 6.07) is 7.69. The maximum absolute atomic E-state index is 13.7. The Labute approximate surface area is 114 Å². The van der Waals surface area contributed by atoms with Crippen molar-refractivity contribution in [3.63, 3.8) is 0 Å². The number of ether oxygens (including phenoxy) is 1. The highest BCUT2D eigenvalue weighted by Crippen LogP contribution is 2.17. The first kappa shape index (κ1) is 14.4. The van der Waals surface area contributed by atoms with Crippen molar-refractivity contribution in [1.82, 2.24) is 10.2 Å². The van der Waals surface area contributed by atoms with Gasteiger partial charge in [-0.1, -0.05) is 25.1 Å². The van der Waals surface area contributed by atoms with E-state index in [1.54, 1.807) is 6.07 Å². The first-order valence-electron chi connectivity index (χ1n) is 6.97. The number of hydrogen-bond donors (Lipinski definition) is 1. The Morgan fingerprint density at radius 1 is 1.42 bits per heavy atom. The molecule has 1 aromatic rings. The van der Waals surface area contributed by atoms with Gasteiger partial charge in [-0.25, -0.2) is 4.39 Å². The second kappa shape index (κ2) is 6.98. The molecule has 0 aromatic heterocycles. The van der Waals surface area contributed by atoms with Crippen molar-refractivity contribution in [2.45, 2.75) is 32.0 Å². The zero-order valence-electron chi connectivity index (χ0n) is 11.7. The molecule has 2 atom stereocenters. The first-order valence-corrected chi connectivity index (χ1v) is 6.97. The fraction of sp³-hybridized carbons (Fsp3) is 0.600. The van der Waals surface area contributed by atoms with Crippen molar-refractivity contribution in [1.29, 1.82) is 0 Å².